The van der Waals surface area contributed by atoms with Gasteiger partial charge in [-0.15, -0.1) is 5.10 Å². The van der Waals surface area contributed by atoms with Crippen molar-refractivity contribution >= 4 is 10.1 Å². The van der Waals surface area contributed by atoms with Crippen molar-refractivity contribution in [2.75, 3.05) is 26.4 Å². The molecule has 0 spiro atoms. The summed E-state index contributed by atoms with van der Waals surface area (Å²) in [5.41, 5.74) is 0.865. The van der Waals surface area contributed by atoms with E-state index in [1.165, 1.54) is 0 Å². The molecule has 7 nitrogen and oxygen atoms in total. The molecule has 0 saturated carbocycles. The fraction of sp³-hybridized carbons (Fsp3) is 0.778. The maximum absolute atomic E-state index is 10.6. The molecule has 0 aliphatic rings. The highest BCUT2D eigenvalue weighted by Gasteiger charge is 2.19. The quantitative estimate of drug-likeness (QED) is 0.561. The summed E-state index contributed by atoms with van der Waals surface area (Å²) in [6.45, 7) is 1.33. The van der Waals surface area contributed by atoms with Crippen molar-refractivity contribution in [1.82, 2.24) is 15.0 Å². The Labute approximate surface area is 101 Å². The van der Waals surface area contributed by atoms with Gasteiger partial charge in [-0.3, -0.25) is 9.23 Å². The first-order valence-electron chi connectivity index (χ1n) is 5.30. The maximum Gasteiger partial charge on any atom is 0.265 e. The number of hydrogen-bond donors (Lipinski definition) is 1. The Bertz CT molecular complexity index is 466. The molecule has 1 aromatic rings. The van der Waals surface area contributed by atoms with Crippen LogP contribution in [-0.2, 0) is 23.7 Å². The minimum absolute atomic E-state index is 0.199. The van der Waals surface area contributed by atoms with Gasteiger partial charge in [0.15, 0.2) is 0 Å². The average Bonchev–Trinajstić information content (AvgIpc) is 2.47. The minimum atomic E-state index is -3.86. The summed E-state index contributed by atoms with van der Waals surface area (Å²) in [5.74, 6) is -0.199. The van der Waals surface area contributed by atoms with Crippen LogP contribution in [0.5, 0.6) is 0 Å². The average molecular weight is 263 g/mol. The monoisotopic (exact) mass is 263 g/mol. The Morgan fingerprint density at radius 3 is 2.59 bits per heavy atom. The van der Waals surface area contributed by atoms with E-state index in [0.29, 0.717) is 24.0 Å². The summed E-state index contributed by atoms with van der Waals surface area (Å²) < 4.78 is 32.1. The van der Waals surface area contributed by atoms with E-state index in [0.717, 1.165) is 5.69 Å². The Morgan fingerprint density at radius 2 is 2.12 bits per heavy atom. The van der Waals surface area contributed by atoms with Gasteiger partial charge in [0.1, 0.15) is 12.2 Å². The third-order valence-electron chi connectivity index (χ3n) is 2.41. The predicted molar refractivity (Wildman–Crippen MR) is 62.7 cm³/mol. The fourth-order valence-corrected chi connectivity index (χ4v) is 2.15. The molecule has 0 amide bonds. The second kappa shape index (κ2) is 5.11. The summed E-state index contributed by atoms with van der Waals surface area (Å²) in [5, 5.41) is 7.83. The van der Waals surface area contributed by atoms with Crippen molar-refractivity contribution in [3.8, 4) is 0 Å². The van der Waals surface area contributed by atoms with Gasteiger partial charge in [-0.2, -0.15) is 8.42 Å². The summed E-state index contributed by atoms with van der Waals surface area (Å²) in [6, 6.07) is 0. The molecule has 17 heavy (non-hydrogen) atoms. The highest BCUT2D eigenvalue weighted by molar-refractivity contribution is 7.85. The lowest BCUT2D eigenvalue weighted by atomic mass is 10.3. The van der Waals surface area contributed by atoms with Crippen molar-refractivity contribution in [1.29, 1.82) is 0 Å². The Hall–Kier alpha value is -0.990. The summed E-state index contributed by atoms with van der Waals surface area (Å²) in [6.07, 6.45) is 2.26. The molecule has 1 heterocycles. The molecular formula is C9H19N4O3S+. The molecule has 0 fully saturated rings. The minimum Gasteiger partial charge on any atom is -0.323 e. The number of aromatic nitrogens is 3. The molecule has 1 N–H and O–H groups in total. The van der Waals surface area contributed by atoms with Gasteiger partial charge in [0.05, 0.1) is 32.6 Å². The van der Waals surface area contributed by atoms with E-state index in [-0.39, 0.29) is 5.75 Å². The molecule has 0 unspecified atom stereocenters. The molecule has 1 rings (SSSR count). The summed E-state index contributed by atoms with van der Waals surface area (Å²) in [7, 11) is 1.91. The first-order valence-corrected chi connectivity index (χ1v) is 6.91. The van der Waals surface area contributed by atoms with Crippen LogP contribution in [-0.4, -0.2) is 58.8 Å². The molecule has 0 radical (unpaired) electrons. The van der Waals surface area contributed by atoms with E-state index in [1.54, 1.807) is 11.7 Å². The Kier molecular flexibility index (Phi) is 4.23. The molecule has 8 heteroatoms. The zero-order valence-corrected chi connectivity index (χ0v) is 11.2. The van der Waals surface area contributed by atoms with E-state index < -0.39 is 10.1 Å². The van der Waals surface area contributed by atoms with E-state index in [1.807, 2.05) is 20.3 Å². The second-order valence-electron chi connectivity index (χ2n) is 4.84. The van der Waals surface area contributed by atoms with Crippen LogP contribution in [0.3, 0.4) is 0 Å². The first-order chi connectivity index (χ1) is 7.68. The van der Waals surface area contributed by atoms with Gasteiger partial charge in [-0.1, -0.05) is 5.21 Å². The van der Waals surface area contributed by atoms with Crippen LogP contribution in [0, 0.1) is 0 Å². The molecule has 0 atom stereocenters. The lowest BCUT2D eigenvalue weighted by Gasteiger charge is -2.28. The van der Waals surface area contributed by atoms with E-state index >= 15 is 0 Å². The van der Waals surface area contributed by atoms with Crippen LogP contribution in [0.4, 0.5) is 0 Å². The number of nitrogens with zero attached hydrogens (tertiary/aromatic N) is 4. The topological polar surface area (TPSA) is 85.1 Å². The highest BCUT2D eigenvalue weighted by Crippen LogP contribution is 2.07. The lowest BCUT2D eigenvalue weighted by Crippen LogP contribution is -2.40. The smallest absolute Gasteiger partial charge is 0.265 e. The van der Waals surface area contributed by atoms with Crippen molar-refractivity contribution < 1.29 is 17.5 Å². The van der Waals surface area contributed by atoms with Crippen LogP contribution in [0.25, 0.3) is 0 Å². The molecule has 0 aliphatic heterocycles. The van der Waals surface area contributed by atoms with Crippen molar-refractivity contribution in [3.63, 3.8) is 0 Å². The normalized spacial score (nSPS) is 12.9. The molecule has 0 aliphatic carbocycles. The fourth-order valence-electron chi connectivity index (χ4n) is 1.66. The van der Waals surface area contributed by atoms with E-state index in [2.05, 4.69) is 10.3 Å². The predicted octanol–water partition coefficient (Wildman–Crippen LogP) is -0.331. The molecule has 0 saturated heterocycles. The summed E-state index contributed by atoms with van der Waals surface area (Å²) >= 11 is 0. The Balaban J connectivity index is 2.46. The molecular weight excluding hydrogens is 244 g/mol. The molecule has 0 bridgehead atoms. The van der Waals surface area contributed by atoms with Crippen LogP contribution < -0.4 is 0 Å². The van der Waals surface area contributed by atoms with Crippen molar-refractivity contribution in [3.05, 3.63) is 11.9 Å². The van der Waals surface area contributed by atoms with Crippen LogP contribution in [0.2, 0.25) is 0 Å². The van der Waals surface area contributed by atoms with Gasteiger partial charge in [0, 0.05) is 13.5 Å². The van der Waals surface area contributed by atoms with Crippen LogP contribution in [0.15, 0.2) is 6.20 Å². The van der Waals surface area contributed by atoms with Crippen LogP contribution in [0.1, 0.15) is 12.1 Å². The van der Waals surface area contributed by atoms with Gasteiger partial charge in [0.2, 0.25) is 0 Å². The second-order valence-corrected chi connectivity index (χ2v) is 6.41. The molecule has 98 valence electrons. The van der Waals surface area contributed by atoms with Crippen molar-refractivity contribution in [2.24, 2.45) is 7.05 Å². The maximum atomic E-state index is 10.6. The van der Waals surface area contributed by atoms with Gasteiger partial charge in [0.25, 0.3) is 10.1 Å². The zero-order chi connectivity index (χ0) is 13.1. The Morgan fingerprint density at radius 1 is 1.47 bits per heavy atom. The van der Waals surface area contributed by atoms with Gasteiger partial charge in [-0.05, 0) is 0 Å². The van der Waals surface area contributed by atoms with Gasteiger partial charge < -0.3 is 4.48 Å². The number of aryl methyl sites for hydroxylation is 1. The summed E-state index contributed by atoms with van der Waals surface area (Å²) in [4.78, 5) is 0. The number of hydrogen-bond acceptors (Lipinski definition) is 4. The van der Waals surface area contributed by atoms with Crippen LogP contribution >= 0.6 is 0 Å². The molecule has 1 aromatic heterocycles. The van der Waals surface area contributed by atoms with E-state index in [9.17, 15) is 8.42 Å². The van der Waals surface area contributed by atoms with Gasteiger partial charge in [-0.25, -0.2) is 0 Å². The third-order valence-corrected chi connectivity index (χ3v) is 3.21. The SMILES string of the molecule is Cn1cc(C[N+](C)(C)CCCS(=O)(=O)O)nn1. The van der Waals surface area contributed by atoms with E-state index in [4.69, 9.17) is 4.55 Å². The number of rotatable bonds is 6. The first kappa shape index (κ1) is 14.1. The van der Waals surface area contributed by atoms with Gasteiger partial charge >= 0.3 is 0 Å². The van der Waals surface area contributed by atoms with Crippen molar-refractivity contribution in [2.45, 2.75) is 13.0 Å². The molecule has 0 aromatic carbocycles. The lowest BCUT2D eigenvalue weighted by molar-refractivity contribution is -0.903. The standard InChI is InChI=1S/C9H18N4O3S/c1-12-7-9(10-11-12)8-13(2,3)5-4-6-17(14,15)16/h7H,4-6,8H2,1-3H3/p+1. The third kappa shape index (κ3) is 5.76. The number of quaternary nitrogens is 1. The largest absolute Gasteiger partial charge is 0.323 e. The highest BCUT2D eigenvalue weighted by atomic mass is 32.2. The zero-order valence-electron chi connectivity index (χ0n) is 10.4.